The highest BCUT2D eigenvalue weighted by Gasteiger charge is 2.12. The van der Waals surface area contributed by atoms with Gasteiger partial charge in [0.05, 0.1) is 6.00 Å². The minimum absolute atomic E-state index is 0.458. The van der Waals surface area contributed by atoms with Crippen molar-refractivity contribution >= 4 is 17.3 Å². The van der Waals surface area contributed by atoms with Crippen LogP contribution in [0.1, 0.15) is 0 Å². The Labute approximate surface area is 88.2 Å². The molecule has 1 heterocycles. The van der Waals surface area contributed by atoms with Crippen molar-refractivity contribution in [3.05, 3.63) is 18.2 Å². The molecule has 0 aliphatic carbocycles. The first-order chi connectivity index (χ1) is 6.81. The van der Waals surface area contributed by atoms with Crippen molar-refractivity contribution in [2.24, 2.45) is 0 Å². The Hall–Kier alpha value is -1.09. The lowest BCUT2D eigenvalue weighted by molar-refractivity contribution is 0.171. The molecule has 1 aromatic rings. The Balaban J connectivity index is 2.29. The van der Waals surface area contributed by atoms with Gasteiger partial charge in [0.15, 0.2) is 11.5 Å². The number of rotatable bonds is 2. The van der Waals surface area contributed by atoms with E-state index in [-0.39, 0.29) is 0 Å². The lowest BCUT2D eigenvalue weighted by Gasteiger charge is -2.21. The summed E-state index contributed by atoms with van der Waals surface area (Å²) in [4.78, 5) is 1.93. The Bertz CT molecular complexity index is 330. The molecule has 0 bridgehead atoms. The van der Waals surface area contributed by atoms with Crippen LogP contribution < -0.4 is 14.4 Å². The van der Waals surface area contributed by atoms with E-state index in [2.05, 4.69) is 0 Å². The molecular formula is C10H12ClNO2. The minimum Gasteiger partial charge on any atom is -0.486 e. The van der Waals surface area contributed by atoms with Gasteiger partial charge < -0.3 is 14.4 Å². The van der Waals surface area contributed by atoms with Gasteiger partial charge in [-0.1, -0.05) is 0 Å². The summed E-state index contributed by atoms with van der Waals surface area (Å²) in [6.45, 7) is 1.23. The first-order valence-corrected chi connectivity index (χ1v) is 5.01. The molecule has 4 heteroatoms. The number of ether oxygens (including phenoxy) is 2. The fourth-order valence-electron chi connectivity index (χ4n) is 1.34. The van der Waals surface area contributed by atoms with E-state index in [1.165, 1.54) is 0 Å². The van der Waals surface area contributed by atoms with Crippen LogP contribution in [0.25, 0.3) is 0 Å². The summed E-state index contributed by atoms with van der Waals surface area (Å²) in [6, 6.07) is 6.28. The molecule has 0 amide bonds. The maximum atomic E-state index is 5.72. The van der Waals surface area contributed by atoms with Crippen LogP contribution in [0.3, 0.4) is 0 Å². The summed E-state index contributed by atoms with van der Waals surface area (Å²) in [7, 11) is 1.93. The van der Waals surface area contributed by atoms with E-state index < -0.39 is 0 Å². The Morgan fingerprint density at radius 1 is 1.29 bits per heavy atom. The zero-order chi connectivity index (χ0) is 9.97. The van der Waals surface area contributed by atoms with Gasteiger partial charge in [0.25, 0.3) is 0 Å². The first kappa shape index (κ1) is 9.46. The quantitative estimate of drug-likeness (QED) is 0.555. The number of hydrogen-bond donors (Lipinski definition) is 0. The van der Waals surface area contributed by atoms with E-state index in [0.717, 1.165) is 17.2 Å². The highest BCUT2D eigenvalue weighted by Crippen LogP contribution is 2.33. The summed E-state index contributed by atoms with van der Waals surface area (Å²) in [5.41, 5.74) is 1.03. The molecule has 0 radical (unpaired) electrons. The SMILES string of the molecule is CN(CCl)c1ccc2c(c1)OCCO2. The normalized spacial score (nSPS) is 13.9. The van der Waals surface area contributed by atoms with Crippen molar-refractivity contribution in [3.8, 4) is 11.5 Å². The number of nitrogens with zero attached hydrogens (tertiary/aromatic N) is 1. The van der Waals surface area contributed by atoms with Gasteiger partial charge in [0.2, 0.25) is 0 Å². The zero-order valence-electron chi connectivity index (χ0n) is 8.00. The molecule has 14 heavy (non-hydrogen) atoms. The Morgan fingerprint density at radius 2 is 2.00 bits per heavy atom. The van der Waals surface area contributed by atoms with Gasteiger partial charge >= 0.3 is 0 Å². The van der Waals surface area contributed by atoms with Crippen molar-refractivity contribution in [2.45, 2.75) is 0 Å². The molecule has 0 fully saturated rings. The third-order valence-corrected chi connectivity index (χ3v) is 2.50. The topological polar surface area (TPSA) is 21.7 Å². The van der Waals surface area contributed by atoms with Crippen molar-refractivity contribution < 1.29 is 9.47 Å². The van der Waals surface area contributed by atoms with Gasteiger partial charge in [-0.15, -0.1) is 11.6 Å². The fourth-order valence-corrected chi connectivity index (χ4v) is 1.48. The molecule has 0 atom stereocenters. The summed E-state index contributed by atoms with van der Waals surface area (Å²) in [5, 5.41) is 0. The molecule has 0 N–H and O–H groups in total. The van der Waals surface area contributed by atoms with E-state index in [4.69, 9.17) is 21.1 Å². The largest absolute Gasteiger partial charge is 0.486 e. The molecular weight excluding hydrogens is 202 g/mol. The molecule has 1 aliphatic heterocycles. The third-order valence-electron chi connectivity index (χ3n) is 2.15. The highest BCUT2D eigenvalue weighted by atomic mass is 35.5. The number of alkyl halides is 1. The molecule has 3 nitrogen and oxygen atoms in total. The standard InChI is InChI=1S/C10H12ClNO2/c1-12(7-11)8-2-3-9-10(6-8)14-5-4-13-9/h2-3,6H,4-5,7H2,1H3. The van der Waals surface area contributed by atoms with Gasteiger partial charge in [-0.3, -0.25) is 0 Å². The highest BCUT2D eigenvalue weighted by molar-refractivity contribution is 6.18. The van der Waals surface area contributed by atoms with Gasteiger partial charge in [-0.2, -0.15) is 0 Å². The summed E-state index contributed by atoms with van der Waals surface area (Å²) in [6.07, 6.45) is 0. The monoisotopic (exact) mass is 213 g/mol. The summed E-state index contributed by atoms with van der Waals surface area (Å²) in [5.74, 6) is 1.61. The van der Waals surface area contributed by atoms with E-state index in [0.29, 0.717) is 19.2 Å². The Kier molecular flexibility index (Phi) is 2.68. The van der Waals surface area contributed by atoms with Crippen LogP contribution >= 0.6 is 11.6 Å². The molecule has 1 aliphatic rings. The average molecular weight is 214 g/mol. The van der Waals surface area contributed by atoms with E-state index >= 15 is 0 Å². The number of hydrogen-bond acceptors (Lipinski definition) is 3. The van der Waals surface area contributed by atoms with Crippen LogP contribution in [0.15, 0.2) is 18.2 Å². The molecule has 0 saturated heterocycles. The van der Waals surface area contributed by atoms with Crippen LogP contribution in [0.4, 0.5) is 5.69 Å². The predicted octanol–water partition coefficient (Wildman–Crippen LogP) is 2.09. The van der Waals surface area contributed by atoms with E-state index in [1.54, 1.807) is 0 Å². The molecule has 1 aromatic carbocycles. The fraction of sp³-hybridized carbons (Fsp3) is 0.400. The maximum Gasteiger partial charge on any atom is 0.163 e. The number of benzene rings is 1. The number of anilines is 1. The number of halogens is 1. The van der Waals surface area contributed by atoms with Crippen molar-refractivity contribution in [3.63, 3.8) is 0 Å². The van der Waals surface area contributed by atoms with Gasteiger partial charge in [-0.05, 0) is 12.1 Å². The van der Waals surface area contributed by atoms with Gasteiger partial charge in [-0.25, -0.2) is 0 Å². The number of fused-ring (bicyclic) bond motifs is 1. The minimum atomic E-state index is 0.458. The van der Waals surface area contributed by atoms with Crippen molar-refractivity contribution in [1.29, 1.82) is 0 Å². The van der Waals surface area contributed by atoms with Gasteiger partial charge in [0, 0.05) is 18.8 Å². The average Bonchev–Trinajstić information content (AvgIpc) is 2.27. The predicted molar refractivity (Wildman–Crippen MR) is 56.6 cm³/mol. The van der Waals surface area contributed by atoms with Crippen LogP contribution in [0.2, 0.25) is 0 Å². The second kappa shape index (κ2) is 3.96. The second-order valence-electron chi connectivity index (χ2n) is 3.15. The molecule has 2 rings (SSSR count). The van der Waals surface area contributed by atoms with Crippen molar-refractivity contribution in [2.75, 3.05) is 31.2 Å². The van der Waals surface area contributed by atoms with Crippen LogP contribution in [-0.2, 0) is 0 Å². The second-order valence-corrected chi connectivity index (χ2v) is 3.38. The van der Waals surface area contributed by atoms with Crippen molar-refractivity contribution in [1.82, 2.24) is 0 Å². The first-order valence-electron chi connectivity index (χ1n) is 4.48. The summed E-state index contributed by atoms with van der Waals surface area (Å²) < 4.78 is 10.9. The van der Waals surface area contributed by atoms with Gasteiger partial charge in [0.1, 0.15) is 13.2 Å². The zero-order valence-corrected chi connectivity index (χ0v) is 8.75. The lowest BCUT2D eigenvalue weighted by atomic mass is 10.2. The Morgan fingerprint density at radius 3 is 2.71 bits per heavy atom. The van der Waals surface area contributed by atoms with Crippen LogP contribution in [0.5, 0.6) is 11.5 Å². The molecule has 0 aromatic heterocycles. The van der Waals surface area contributed by atoms with E-state index in [1.807, 2.05) is 30.1 Å². The molecule has 0 spiro atoms. The third kappa shape index (κ3) is 1.73. The molecule has 76 valence electrons. The lowest BCUT2D eigenvalue weighted by Crippen LogP contribution is -2.17. The smallest absolute Gasteiger partial charge is 0.163 e. The molecule has 0 saturated carbocycles. The molecule has 0 unspecified atom stereocenters. The van der Waals surface area contributed by atoms with Crippen LogP contribution in [0, 0.1) is 0 Å². The summed E-state index contributed by atoms with van der Waals surface area (Å²) >= 11 is 5.72. The maximum absolute atomic E-state index is 5.72. The van der Waals surface area contributed by atoms with Crippen LogP contribution in [-0.4, -0.2) is 26.3 Å². The van der Waals surface area contributed by atoms with E-state index in [9.17, 15) is 0 Å².